The van der Waals surface area contributed by atoms with Gasteiger partial charge in [0, 0.05) is 11.9 Å². The molecular formula is C21H27N3O6S. The second-order valence-electron chi connectivity index (χ2n) is 9.01. The van der Waals surface area contributed by atoms with E-state index in [1.807, 2.05) is 27.7 Å². The van der Waals surface area contributed by atoms with Gasteiger partial charge in [-0.2, -0.15) is 0 Å². The molecule has 9 nitrogen and oxygen atoms in total. The van der Waals surface area contributed by atoms with Crippen molar-refractivity contribution in [1.82, 2.24) is 15.1 Å². The number of ether oxygens (including phenoxy) is 2. The Kier molecular flexibility index (Phi) is 5.22. The maximum atomic E-state index is 13.4. The van der Waals surface area contributed by atoms with Gasteiger partial charge in [0.25, 0.3) is 0 Å². The van der Waals surface area contributed by atoms with Crippen LogP contribution in [0.3, 0.4) is 0 Å². The SMILES string of the molecule is COCOC(=O)[C@@H]1N2C(=O)[C@@H](N3C(=O)[C@H](c4ccc(O)cc4)NC3(C)C)[C@H]2SC1(C)C. The van der Waals surface area contributed by atoms with E-state index in [9.17, 15) is 19.5 Å². The van der Waals surface area contributed by atoms with Gasteiger partial charge in [0.15, 0.2) is 6.79 Å². The van der Waals surface area contributed by atoms with Crippen LogP contribution in [0.4, 0.5) is 0 Å². The van der Waals surface area contributed by atoms with Crippen molar-refractivity contribution in [2.75, 3.05) is 13.9 Å². The standard InChI is InChI=1S/C21H27N3O6S/c1-20(2)15(19(28)30-10-29-5)23-17(27)14(18(23)31-20)24-16(26)13(22-21(24,3)4)11-6-8-12(25)9-7-11/h6-9,13-15,18,22,25H,10H2,1-5H3/t13-,14+,15-,18+/m0/s1. The second kappa shape index (κ2) is 7.39. The summed E-state index contributed by atoms with van der Waals surface area (Å²) in [6.07, 6.45) is 0. The Balaban J connectivity index is 1.59. The predicted octanol–water partition coefficient (Wildman–Crippen LogP) is 1.18. The van der Waals surface area contributed by atoms with E-state index in [2.05, 4.69) is 5.32 Å². The van der Waals surface area contributed by atoms with Crippen LogP contribution in [0.2, 0.25) is 0 Å². The lowest BCUT2D eigenvalue weighted by Crippen LogP contribution is -2.73. The molecule has 0 bridgehead atoms. The lowest BCUT2D eigenvalue weighted by atomic mass is 9.94. The summed E-state index contributed by atoms with van der Waals surface area (Å²) < 4.78 is 9.39. The summed E-state index contributed by atoms with van der Waals surface area (Å²) in [5, 5.41) is 12.5. The summed E-state index contributed by atoms with van der Waals surface area (Å²) >= 11 is 1.50. The molecule has 2 amide bonds. The molecule has 0 aliphatic carbocycles. The molecule has 3 aliphatic heterocycles. The van der Waals surface area contributed by atoms with Crippen LogP contribution in [0.25, 0.3) is 0 Å². The molecule has 0 spiro atoms. The van der Waals surface area contributed by atoms with Gasteiger partial charge in [0.2, 0.25) is 11.8 Å². The lowest BCUT2D eigenvalue weighted by Gasteiger charge is -2.50. The van der Waals surface area contributed by atoms with Gasteiger partial charge < -0.3 is 24.4 Å². The number of phenolic OH excluding ortho intramolecular Hbond substituents is 1. The molecule has 3 heterocycles. The Hall–Kier alpha value is -2.30. The number of carbonyl (C=O) groups excluding carboxylic acids is 3. The highest BCUT2D eigenvalue weighted by molar-refractivity contribution is 8.01. The number of rotatable bonds is 5. The van der Waals surface area contributed by atoms with Crippen LogP contribution in [0.1, 0.15) is 39.3 Å². The first-order valence-corrected chi connectivity index (χ1v) is 10.9. The molecule has 0 aromatic heterocycles. The van der Waals surface area contributed by atoms with Gasteiger partial charge in [-0.1, -0.05) is 12.1 Å². The van der Waals surface area contributed by atoms with E-state index in [1.165, 1.54) is 35.9 Å². The molecule has 10 heteroatoms. The maximum absolute atomic E-state index is 13.4. The minimum atomic E-state index is -0.772. The minimum absolute atomic E-state index is 0.117. The molecule has 0 unspecified atom stereocenters. The summed E-state index contributed by atoms with van der Waals surface area (Å²) in [6.45, 7) is 7.33. The largest absolute Gasteiger partial charge is 0.508 e. The van der Waals surface area contributed by atoms with E-state index < -0.39 is 34.5 Å². The minimum Gasteiger partial charge on any atom is -0.508 e. The van der Waals surface area contributed by atoms with Crippen LogP contribution in [-0.2, 0) is 23.9 Å². The smallest absolute Gasteiger partial charge is 0.332 e. The van der Waals surface area contributed by atoms with E-state index in [4.69, 9.17) is 9.47 Å². The Morgan fingerprint density at radius 3 is 2.42 bits per heavy atom. The van der Waals surface area contributed by atoms with E-state index in [0.717, 1.165) is 0 Å². The van der Waals surface area contributed by atoms with Crippen LogP contribution in [0.15, 0.2) is 24.3 Å². The molecule has 4 rings (SSSR count). The van der Waals surface area contributed by atoms with Gasteiger partial charge in [-0.15, -0.1) is 11.8 Å². The number of hydrogen-bond donors (Lipinski definition) is 2. The van der Waals surface area contributed by atoms with E-state index in [1.54, 1.807) is 17.0 Å². The molecule has 0 saturated carbocycles. The van der Waals surface area contributed by atoms with Gasteiger partial charge in [0.1, 0.15) is 29.2 Å². The highest BCUT2D eigenvalue weighted by atomic mass is 32.2. The number of methoxy groups -OCH3 is 1. The number of fused-ring (bicyclic) bond motifs is 1. The van der Waals surface area contributed by atoms with Crippen molar-refractivity contribution < 1.29 is 29.0 Å². The number of benzene rings is 1. The van der Waals surface area contributed by atoms with Crippen molar-refractivity contribution >= 4 is 29.5 Å². The monoisotopic (exact) mass is 449 g/mol. The van der Waals surface area contributed by atoms with Gasteiger partial charge in [-0.3, -0.25) is 14.9 Å². The number of esters is 1. The van der Waals surface area contributed by atoms with Crippen LogP contribution in [0, 0.1) is 0 Å². The van der Waals surface area contributed by atoms with Crippen LogP contribution >= 0.6 is 11.8 Å². The van der Waals surface area contributed by atoms with E-state index in [0.29, 0.717) is 5.56 Å². The fourth-order valence-electron chi connectivity index (χ4n) is 4.68. The van der Waals surface area contributed by atoms with Crippen LogP contribution in [-0.4, -0.2) is 74.5 Å². The third kappa shape index (κ3) is 3.37. The molecule has 3 aliphatic rings. The van der Waals surface area contributed by atoms with Gasteiger partial charge >= 0.3 is 5.97 Å². The number of aromatic hydroxyl groups is 1. The van der Waals surface area contributed by atoms with Gasteiger partial charge in [-0.25, -0.2) is 4.79 Å². The summed E-state index contributed by atoms with van der Waals surface area (Å²) in [4.78, 5) is 42.4. The average Bonchev–Trinajstić information content (AvgIpc) is 3.09. The van der Waals surface area contributed by atoms with Crippen molar-refractivity contribution in [1.29, 1.82) is 0 Å². The van der Waals surface area contributed by atoms with Gasteiger partial charge in [0.05, 0.1) is 5.66 Å². The molecule has 0 radical (unpaired) electrons. The Morgan fingerprint density at radius 2 is 1.81 bits per heavy atom. The van der Waals surface area contributed by atoms with Crippen molar-refractivity contribution in [3.05, 3.63) is 29.8 Å². The third-order valence-electron chi connectivity index (χ3n) is 6.04. The summed E-state index contributed by atoms with van der Waals surface area (Å²) in [7, 11) is 1.42. The number of amides is 2. The first kappa shape index (κ1) is 21.9. The number of phenols is 1. The van der Waals surface area contributed by atoms with E-state index >= 15 is 0 Å². The summed E-state index contributed by atoms with van der Waals surface area (Å²) in [6, 6.07) is 4.39. The zero-order valence-corrected chi connectivity index (χ0v) is 18.9. The Labute approximate surface area is 185 Å². The molecule has 3 fully saturated rings. The van der Waals surface area contributed by atoms with Crippen molar-refractivity contribution in [2.24, 2.45) is 0 Å². The van der Waals surface area contributed by atoms with Crippen LogP contribution in [0.5, 0.6) is 5.75 Å². The first-order chi connectivity index (χ1) is 14.5. The quantitative estimate of drug-likeness (QED) is 0.392. The normalized spacial score (nSPS) is 30.9. The number of β-lactam (4-membered cyclic amide) rings is 1. The highest BCUT2D eigenvalue weighted by Crippen LogP contribution is 2.54. The third-order valence-corrected chi connectivity index (χ3v) is 7.60. The number of nitrogens with zero attached hydrogens (tertiary/aromatic N) is 2. The molecule has 168 valence electrons. The van der Waals surface area contributed by atoms with Crippen molar-refractivity contribution in [2.45, 2.75) is 61.6 Å². The highest BCUT2D eigenvalue weighted by Gasteiger charge is 2.68. The van der Waals surface area contributed by atoms with Gasteiger partial charge in [-0.05, 0) is 45.4 Å². The number of thioether (sulfide) groups is 1. The predicted molar refractivity (Wildman–Crippen MR) is 113 cm³/mol. The average molecular weight is 450 g/mol. The fraction of sp³-hybridized carbons (Fsp3) is 0.571. The van der Waals surface area contributed by atoms with Crippen LogP contribution < -0.4 is 5.32 Å². The maximum Gasteiger partial charge on any atom is 0.332 e. The zero-order chi connectivity index (χ0) is 22.7. The molecule has 3 saturated heterocycles. The van der Waals surface area contributed by atoms with Crippen molar-refractivity contribution in [3.63, 3.8) is 0 Å². The first-order valence-electron chi connectivity index (χ1n) is 10.0. The molecule has 1 aromatic carbocycles. The van der Waals surface area contributed by atoms with E-state index in [-0.39, 0.29) is 29.7 Å². The Bertz CT molecular complexity index is 918. The summed E-state index contributed by atoms with van der Waals surface area (Å²) in [5.74, 6) is -0.874. The molecule has 4 atom stereocenters. The number of nitrogens with one attached hydrogen (secondary N) is 1. The lowest BCUT2D eigenvalue weighted by molar-refractivity contribution is -0.176. The molecular weight excluding hydrogens is 422 g/mol. The topological polar surface area (TPSA) is 108 Å². The molecule has 1 aromatic rings. The number of carbonyl (C=O) groups is 3. The fourth-order valence-corrected chi connectivity index (χ4v) is 6.35. The zero-order valence-electron chi connectivity index (χ0n) is 18.1. The summed E-state index contributed by atoms with van der Waals surface area (Å²) in [5.41, 5.74) is -0.0618. The molecule has 31 heavy (non-hydrogen) atoms. The van der Waals surface area contributed by atoms with Crippen molar-refractivity contribution in [3.8, 4) is 5.75 Å². The molecule has 2 N–H and O–H groups in total. The Morgan fingerprint density at radius 1 is 1.16 bits per heavy atom. The second-order valence-corrected chi connectivity index (χ2v) is 10.8. The number of hydrogen-bond acceptors (Lipinski definition) is 8.